The van der Waals surface area contributed by atoms with E-state index >= 15 is 0 Å². The highest BCUT2D eigenvalue weighted by Crippen LogP contribution is 2.19. The molecule has 0 aromatic heterocycles. The molecule has 7 heteroatoms. The number of aromatic hydroxyl groups is 1. The Balaban J connectivity index is 1.88. The number of carbonyl (C=O) groups excluding carboxylic acids is 2. The monoisotopic (exact) mass is 359 g/mol. The fourth-order valence-electron chi connectivity index (χ4n) is 2.13. The third-order valence-electron chi connectivity index (χ3n) is 3.38. The predicted octanol–water partition coefficient (Wildman–Crippen LogP) is 3.09. The molecule has 0 saturated carbocycles. The molecule has 0 spiro atoms. The summed E-state index contributed by atoms with van der Waals surface area (Å²) in [6.45, 7) is 1.98. The number of aryl methyl sites for hydroxylation is 1. The molecule has 0 radical (unpaired) electrons. The number of phenolic OH excluding ortho intramolecular Hbond substituents is 1. The third kappa shape index (κ3) is 5.61. The molecule has 0 saturated heterocycles. The van der Waals surface area contributed by atoms with Crippen LogP contribution in [-0.2, 0) is 16.0 Å². The van der Waals surface area contributed by atoms with E-state index in [2.05, 4.69) is 15.8 Å². The molecule has 2 amide bonds. The second kappa shape index (κ2) is 8.84. The normalized spacial score (nSPS) is 10.6. The van der Waals surface area contributed by atoms with Crippen molar-refractivity contribution in [1.82, 2.24) is 5.43 Å². The lowest BCUT2D eigenvalue weighted by Gasteiger charge is -2.09. The molecule has 0 aliphatic heterocycles. The van der Waals surface area contributed by atoms with E-state index in [1.54, 1.807) is 6.07 Å². The minimum Gasteiger partial charge on any atom is -0.507 e. The molecule has 0 aliphatic rings. The lowest BCUT2D eigenvalue weighted by atomic mass is 10.1. The van der Waals surface area contributed by atoms with Gasteiger partial charge in [0.1, 0.15) is 12.2 Å². The number of phenols is 1. The van der Waals surface area contributed by atoms with Crippen molar-refractivity contribution < 1.29 is 14.7 Å². The number of amides is 2. The number of para-hydroxylation sites is 1. The van der Waals surface area contributed by atoms with Crippen LogP contribution in [0.2, 0.25) is 5.02 Å². The van der Waals surface area contributed by atoms with Crippen LogP contribution in [0.15, 0.2) is 47.6 Å². The van der Waals surface area contributed by atoms with Crippen molar-refractivity contribution in [3.05, 3.63) is 58.6 Å². The van der Waals surface area contributed by atoms with Gasteiger partial charge in [-0.25, -0.2) is 5.43 Å². The molecule has 2 rings (SSSR count). The van der Waals surface area contributed by atoms with Gasteiger partial charge < -0.3 is 10.4 Å². The van der Waals surface area contributed by atoms with Gasteiger partial charge in [0.25, 0.3) is 0 Å². The maximum absolute atomic E-state index is 11.9. The summed E-state index contributed by atoms with van der Waals surface area (Å²) in [6, 6.07) is 11.9. The Morgan fingerprint density at radius 2 is 1.96 bits per heavy atom. The lowest BCUT2D eigenvalue weighted by Crippen LogP contribution is -2.25. The van der Waals surface area contributed by atoms with Crippen molar-refractivity contribution in [3.63, 3.8) is 0 Å². The zero-order chi connectivity index (χ0) is 18.2. The largest absolute Gasteiger partial charge is 0.507 e. The molecule has 0 aliphatic carbocycles. The molecular formula is C18H18ClN3O3. The van der Waals surface area contributed by atoms with E-state index in [0.29, 0.717) is 16.3 Å². The molecule has 0 bridgehead atoms. The first-order valence-corrected chi connectivity index (χ1v) is 8.05. The van der Waals surface area contributed by atoms with Crippen LogP contribution in [0.4, 0.5) is 5.69 Å². The Kier molecular flexibility index (Phi) is 6.54. The van der Waals surface area contributed by atoms with Crippen molar-refractivity contribution in [2.24, 2.45) is 5.10 Å². The van der Waals surface area contributed by atoms with Crippen LogP contribution in [0, 0.1) is 0 Å². The maximum atomic E-state index is 11.9. The maximum Gasteiger partial charge on any atom is 0.249 e. The van der Waals surface area contributed by atoms with Gasteiger partial charge in [-0.2, -0.15) is 5.10 Å². The number of halogens is 1. The van der Waals surface area contributed by atoms with Crippen molar-refractivity contribution in [2.45, 2.75) is 19.8 Å². The van der Waals surface area contributed by atoms with Gasteiger partial charge in [-0.05, 0) is 36.2 Å². The third-order valence-corrected chi connectivity index (χ3v) is 3.61. The van der Waals surface area contributed by atoms with Crippen LogP contribution < -0.4 is 10.7 Å². The van der Waals surface area contributed by atoms with Gasteiger partial charge in [-0.15, -0.1) is 0 Å². The van der Waals surface area contributed by atoms with E-state index in [4.69, 9.17) is 11.6 Å². The Morgan fingerprint density at radius 3 is 2.72 bits per heavy atom. The summed E-state index contributed by atoms with van der Waals surface area (Å²) in [7, 11) is 0. The lowest BCUT2D eigenvalue weighted by molar-refractivity contribution is -0.126. The minimum atomic E-state index is -0.566. The zero-order valence-electron chi connectivity index (χ0n) is 13.6. The molecule has 0 fully saturated rings. The topological polar surface area (TPSA) is 90.8 Å². The number of carbonyl (C=O) groups is 2. The van der Waals surface area contributed by atoms with Crippen LogP contribution in [0.5, 0.6) is 5.75 Å². The minimum absolute atomic E-state index is 0.0173. The Hall–Kier alpha value is -2.86. The second-order valence-electron chi connectivity index (χ2n) is 5.23. The molecule has 0 heterocycles. The molecule has 25 heavy (non-hydrogen) atoms. The average Bonchev–Trinajstić information content (AvgIpc) is 2.58. The van der Waals surface area contributed by atoms with E-state index in [-0.39, 0.29) is 12.2 Å². The molecule has 3 N–H and O–H groups in total. The summed E-state index contributed by atoms with van der Waals surface area (Å²) < 4.78 is 0. The first kappa shape index (κ1) is 18.5. The van der Waals surface area contributed by atoms with Crippen LogP contribution in [0.3, 0.4) is 0 Å². The van der Waals surface area contributed by atoms with Gasteiger partial charge in [-0.1, -0.05) is 36.7 Å². The van der Waals surface area contributed by atoms with Crippen LogP contribution in [0.1, 0.15) is 24.5 Å². The van der Waals surface area contributed by atoms with Crippen LogP contribution >= 0.6 is 11.6 Å². The van der Waals surface area contributed by atoms with Crippen LogP contribution in [-0.4, -0.2) is 23.1 Å². The van der Waals surface area contributed by atoms with E-state index in [9.17, 15) is 14.7 Å². The molecule has 6 nitrogen and oxygen atoms in total. The second-order valence-corrected chi connectivity index (χ2v) is 5.67. The number of hydrazone groups is 1. The van der Waals surface area contributed by atoms with Crippen LogP contribution in [0.25, 0.3) is 0 Å². The molecule has 2 aromatic rings. The number of hydrogen-bond acceptors (Lipinski definition) is 4. The van der Waals surface area contributed by atoms with Gasteiger partial charge in [0.15, 0.2) is 0 Å². The summed E-state index contributed by atoms with van der Waals surface area (Å²) in [6.07, 6.45) is 1.66. The van der Waals surface area contributed by atoms with Gasteiger partial charge >= 0.3 is 0 Å². The van der Waals surface area contributed by atoms with Crippen molar-refractivity contribution in [2.75, 3.05) is 5.32 Å². The summed E-state index contributed by atoms with van der Waals surface area (Å²) >= 11 is 5.82. The Labute approximate surface area is 150 Å². The van der Waals surface area contributed by atoms with Crippen molar-refractivity contribution >= 4 is 35.3 Å². The first-order valence-electron chi connectivity index (χ1n) is 7.67. The molecule has 130 valence electrons. The number of anilines is 1. The van der Waals surface area contributed by atoms with E-state index in [0.717, 1.165) is 12.0 Å². The highest BCUT2D eigenvalue weighted by molar-refractivity contribution is 6.30. The summed E-state index contributed by atoms with van der Waals surface area (Å²) in [5.41, 5.74) is 4.28. The first-order chi connectivity index (χ1) is 12.0. The number of benzene rings is 2. The fraction of sp³-hybridized carbons (Fsp3) is 0.167. The van der Waals surface area contributed by atoms with Gasteiger partial charge in [0.05, 0.1) is 6.21 Å². The van der Waals surface area contributed by atoms with Crippen molar-refractivity contribution in [3.8, 4) is 5.75 Å². The van der Waals surface area contributed by atoms with Gasteiger partial charge in [0, 0.05) is 16.3 Å². The molecule has 0 atom stereocenters. The van der Waals surface area contributed by atoms with E-state index in [1.165, 1.54) is 24.4 Å². The quantitative estimate of drug-likeness (QED) is 0.420. The van der Waals surface area contributed by atoms with Gasteiger partial charge in [0.2, 0.25) is 11.8 Å². The smallest absolute Gasteiger partial charge is 0.249 e. The highest BCUT2D eigenvalue weighted by atomic mass is 35.5. The molecule has 0 unspecified atom stereocenters. The van der Waals surface area contributed by atoms with E-state index < -0.39 is 11.8 Å². The zero-order valence-corrected chi connectivity index (χ0v) is 14.4. The predicted molar refractivity (Wildman–Crippen MR) is 97.9 cm³/mol. The number of hydrogen-bond donors (Lipinski definition) is 3. The summed E-state index contributed by atoms with van der Waals surface area (Å²) in [5.74, 6) is -1.01. The number of rotatable bonds is 6. The molecule has 2 aromatic carbocycles. The summed E-state index contributed by atoms with van der Waals surface area (Å²) in [5, 5.41) is 16.5. The molecular weight excluding hydrogens is 342 g/mol. The van der Waals surface area contributed by atoms with E-state index in [1.807, 2.05) is 25.1 Å². The standard InChI is InChI=1S/C18H18ClN3O3/c1-2-12-5-3-4-6-15(12)21-17(24)10-18(25)22-20-11-13-9-14(19)7-8-16(13)23/h3-9,11,23H,2,10H2,1H3,(H,21,24)(H,22,25)/b20-11+. The van der Waals surface area contributed by atoms with Crippen molar-refractivity contribution in [1.29, 1.82) is 0 Å². The van der Waals surface area contributed by atoms with Gasteiger partial charge in [-0.3, -0.25) is 9.59 Å². The fourth-order valence-corrected chi connectivity index (χ4v) is 2.31. The number of nitrogens with one attached hydrogen (secondary N) is 2. The Bertz CT molecular complexity index is 806. The Morgan fingerprint density at radius 1 is 1.20 bits per heavy atom. The summed E-state index contributed by atoms with van der Waals surface area (Å²) in [4.78, 5) is 23.7. The SMILES string of the molecule is CCc1ccccc1NC(=O)CC(=O)N/N=C/c1cc(Cl)ccc1O. The average molecular weight is 360 g/mol. The number of nitrogens with zero attached hydrogens (tertiary/aromatic N) is 1. The highest BCUT2D eigenvalue weighted by Gasteiger charge is 2.10.